The lowest BCUT2D eigenvalue weighted by Gasteiger charge is -2.08. The first-order chi connectivity index (χ1) is 10.1. The normalized spacial score (nSPS) is 10.2. The van der Waals surface area contributed by atoms with Crippen molar-refractivity contribution < 1.29 is 9.53 Å². The Balaban J connectivity index is 1.70. The number of nitrogens with one attached hydrogen (secondary N) is 1. The molecule has 0 bridgehead atoms. The molecule has 5 heteroatoms. The average molecular weight is 460 g/mol. The van der Waals surface area contributed by atoms with Crippen molar-refractivity contribution in [3.05, 3.63) is 56.6 Å². The lowest BCUT2D eigenvalue weighted by molar-refractivity contribution is -0.116. The monoisotopic (exact) mass is 459 g/mol. The number of benzene rings is 2. The number of para-hydroxylation sites is 1. The first-order valence-electron chi connectivity index (χ1n) is 6.58. The lowest BCUT2D eigenvalue weighted by atomic mass is 10.2. The van der Waals surface area contributed by atoms with E-state index in [1.807, 2.05) is 48.5 Å². The van der Waals surface area contributed by atoms with E-state index in [2.05, 4.69) is 43.8 Å². The van der Waals surface area contributed by atoms with Crippen molar-refractivity contribution in [1.29, 1.82) is 0 Å². The molecule has 0 atom stereocenters. The number of carbonyl (C=O) groups is 1. The number of hydrogen-bond acceptors (Lipinski definition) is 2. The molecule has 1 amide bonds. The van der Waals surface area contributed by atoms with Gasteiger partial charge < -0.3 is 10.1 Å². The Morgan fingerprint density at radius 3 is 2.57 bits per heavy atom. The van der Waals surface area contributed by atoms with Gasteiger partial charge in [0.15, 0.2) is 0 Å². The van der Waals surface area contributed by atoms with Gasteiger partial charge in [-0.05, 0) is 65.4 Å². The molecule has 21 heavy (non-hydrogen) atoms. The molecule has 0 aliphatic carbocycles. The highest BCUT2D eigenvalue weighted by atomic mass is 127. The quantitative estimate of drug-likeness (QED) is 0.495. The zero-order valence-corrected chi connectivity index (χ0v) is 15.1. The van der Waals surface area contributed by atoms with E-state index < -0.39 is 0 Å². The average Bonchev–Trinajstić information content (AvgIpc) is 2.48. The maximum atomic E-state index is 11.8. The summed E-state index contributed by atoms with van der Waals surface area (Å²) in [7, 11) is 0. The Morgan fingerprint density at radius 1 is 1.14 bits per heavy atom. The van der Waals surface area contributed by atoms with Gasteiger partial charge in [-0.3, -0.25) is 4.79 Å². The van der Waals surface area contributed by atoms with E-state index in [9.17, 15) is 4.79 Å². The van der Waals surface area contributed by atoms with Crippen LogP contribution in [-0.4, -0.2) is 12.5 Å². The fraction of sp³-hybridized carbons (Fsp3) is 0.188. The van der Waals surface area contributed by atoms with Crippen molar-refractivity contribution in [3.63, 3.8) is 0 Å². The molecule has 0 aromatic heterocycles. The van der Waals surface area contributed by atoms with Gasteiger partial charge in [-0.15, -0.1) is 0 Å². The molecule has 0 saturated carbocycles. The van der Waals surface area contributed by atoms with Crippen LogP contribution in [0.5, 0.6) is 5.75 Å². The summed E-state index contributed by atoms with van der Waals surface area (Å²) in [4.78, 5) is 11.8. The van der Waals surface area contributed by atoms with Crippen LogP contribution in [0.1, 0.15) is 12.8 Å². The van der Waals surface area contributed by atoms with Crippen LogP contribution in [0.25, 0.3) is 0 Å². The van der Waals surface area contributed by atoms with E-state index in [4.69, 9.17) is 4.74 Å². The lowest BCUT2D eigenvalue weighted by Crippen LogP contribution is -2.13. The van der Waals surface area contributed by atoms with Crippen LogP contribution < -0.4 is 10.1 Å². The van der Waals surface area contributed by atoms with Gasteiger partial charge in [0.2, 0.25) is 5.91 Å². The number of halogens is 2. The standard InChI is InChI=1S/C16H15BrINO2/c17-12-7-9-13(10-8-12)21-11-3-6-16(20)19-15-5-2-1-4-14(15)18/h1-2,4-5,7-10H,3,6,11H2,(H,19,20). The van der Waals surface area contributed by atoms with Gasteiger partial charge >= 0.3 is 0 Å². The summed E-state index contributed by atoms with van der Waals surface area (Å²) >= 11 is 5.58. The van der Waals surface area contributed by atoms with E-state index in [0.717, 1.165) is 19.5 Å². The fourth-order valence-electron chi connectivity index (χ4n) is 1.73. The minimum Gasteiger partial charge on any atom is -0.494 e. The van der Waals surface area contributed by atoms with Crippen LogP contribution in [0, 0.1) is 3.57 Å². The summed E-state index contributed by atoms with van der Waals surface area (Å²) < 4.78 is 7.64. The highest BCUT2D eigenvalue weighted by molar-refractivity contribution is 14.1. The topological polar surface area (TPSA) is 38.3 Å². The molecule has 0 unspecified atom stereocenters. The van der Waals surface area contributed by atoms with E-state index in [0.29, 0.717) is 19.4 Å². The van der Waals surface area contributed by atoms with Crippen molar-refractivity contribution >= 4 is 50.1 Å². The number of hydrogen-bond donors (Lipinski definition) is 1. The van der Waals surface area contributed by atoms with Crippen LogP contribution >= 0.6 is 38.5 Å². The van der Waals surface area contributed by atoms with Crippen molar-refractivity contribution in [2.75, 3.05) is 11.9 Å². The van der Waals surface area contributed by atoms with Crippen molar-refractivity contribution in [2.24, 2.45) is 0 Å². The van der Waals surface area contributed by atoms with Gasteiger partial charge in [0.05, 0.1) is 12.3 Å². The van der Waals surface area contributed by atoms with Crippen molar-refractivity contribution in [2.45, 2.75) is 12.8 Å². The van der Waals surface area contributed by atoms with Gasteiger partial charge in [0, 0.05) is 14.5 Å². The molecular formula is C16H15BrINO2. The Bertz CT molecular complexity index is 601. The summed E-state index contributed by atoms with van der Waals surface area (Å²) in [6, 6.07) is 15.4. The Morgan fingerprint density at radius 2 is 1.86 bits per heavy atom. The second-order valence-corrected chi connectivity index (χ2v) is 6.51. The van der Waals surface area contributed by atoms with Crippen LogP contribution in [0.3, 0.4) is 0 Å². The highest BCUT2D eigenvalue weighted by Crippen LogP contribution is 2.18. The molecule has 2 aromatic carbocycles. The van der Waals surface area contributed by atoms with Gasteiger partial charge in [0.1, 0.15) is 5.75 Å². The van der Waals surface area contributed by atoms with Gasteiger partial charge in [-0.2, -0.15) is 0 Å². The molecule has 0 heterocycles. The minimum atomic E-state index is 0.0125. The Kier molecular flexibility index (Phi) is 6.50. The number of anilines is 1. The third-order valence-corrected chi connectivity index (χ3v) is 4.25. The van der Waals surface area contributed by atoms with Crippen LogP contribution in [0.15, 0.2) is 53.0 Å². The van der Waals surface area contributed by atoms with E-state index >= 15 is 0 Å². The predicted octanol–water partition coefficient (Wildman–Crippen LogP) is 4.85. The van der Waals surface area contributed by atoms with E-state index in [-0.39, 0.29) is 5.91 Å². The summed E-state index contributed by atoms with van der Waals surface area (Å²) in [6.45, 7) is 0.529. The molecule has 0 saturated heterocycles. The number of ether oxygens (including phenoxy) is 1. The number of rotatable bonds is 6. The van der Waals surface area contributed by atoms with Gasteiger partial charge in [-0.25, -0.2) is 0 Å². The molecule has 1 N–H and O–H groups in total. The molecule has 3 nitrogen and oxygen atoms in total. The molecule has 0 aliphatic rings. The third kappa shape index (κ3) is 5.67. The fourth-order valence-corrected chi connectivity index (χ4v) is 2.52. The van der Waals surface area contributed by atoms with Gasteiger partial charge in [-0.1, -0.05) is 28.1 Å². The molecule has 0 spiro atoms. The molecule has 110 valence electrons. The first kappa shape index (κ1) is 16.3. The van der Waals surface area contributed by atoms with Crippen LogP contribution in [0.4, 0.5) is 5.69 Å². The number of carbonyl (C=O) groups excluding carboxylic acids is 1. The molecule has 2 rings (SSSR count). The van der Waals surface area contributed by atoms with Crippen molar-refractivity contribution in [3.8, 4) is 5.75 Å². The maximum absolute atomic E-state index is 11.8. The zero-order valence-electron chi connectivity index (χ0n) is 11.3. The maximum Gasteiger partial charge on any atom is 0.224 e. The largest absolute Gasteiger partial charge is 0.494 e. The Hall–Kier alpha value is -1.08. The molecule has 0 aliphatic heterocycles. The summed E-state index contributed by atoms with van der Waals surface area (Å²) in [5.41, 5.74) is 0.858. The first-order valence-corrected chi connectivity index (χ1v) is 8.45. The second-order valence-electron chi connectivity index (χ2n) is 4.43. The molecule has 2 aromatic rings. The predicted molar refractivity (Wildman–Crippen MR) is 96.7 cm³/mol. The third-order valence-electron chi connectivity index (χ3n) is 2.78. The van der Waals surface area contributed by atoms with Crippen LogP contribution in [0.2, 0.25) is 0 Å². The van der Waals surface area contributed by atoms with E-state index in [1.165, 1.54) is 0 Å². The minimum absolute atomic E-state index is 0.0125. The Labute approximate surface area is 146 Å². The molecule has 0 radical (unpaired) electrons. The smallest absolute Gasteiger partial charge is 0.224 e. The molecular weight excluding hydrogens is 445 g/mol. The van der Waals surface area contributed by atoms with Crippen molar-refractivity contribution in [1.82, 2.24) is 0 Å². The zero-order chi connectivity index (χ0) is 15.1. The van der Waals surface area contributed by atoms with Crippen LogP contribution in [-0.2, 0) is 4.79 Å². The summed E-state index contributed by atoms with van der Waals surface area (Å²) in [6.07, 6.45) is 1.13. The van der Waals surface area contributed by atoms with Gasteiger partial charge in [0.25, 0.3) is 0 Å². The van der Waals surface area contributed by atoms with E-state index in [1.54, 1.807) is 0 Å². The summed E-state index contributed by atoms with van der Waals surface area (Å²) in [5, 5.41) is 2.91. The second kappa shape index (κ2) is 8.38. The number of amides is 1. The highest BCUT2D eigenvalue weighted by Gasteiger charge is 2.05. The summed E-state index contributed by atoms with van der Waals surface area (Å²) in [5.74, 6) is 0.828. The molecule has 0 fully saturated rings. The SMILES string of the molecule is O=C(CCCOc1ccc(Br)cc1)Nc1ccccc1I.